The molecule has 1 fully saturated rings. The molecule has 0 bridgehead atoms. The van der Waals surface area contributed by atoms with Gasteiger partial charge in [-0.15, -0.1) is 11.3 Å². The lowest BCUT2D eigenvalue weighted by molar-refractivity contribution is 0.0955. The molecule has 1 saturated heterocycles. The van der Waals surface area contributed by atoms with Crippen LogP contribution in [0.2, 0.25) is 0 Å². The highest BCUT2D eigenvalue weighted by Crippen LogP contribution is 2.29. The van der Waals surface area contributed by atoms with Crippen molar-refractivity contribution in [3.05, 3.63) is 33.5 Å². The molecular weight excluding hydrogens is 322 g/mol. The summed E-state index contributed by atoms with van der Waals surface area (Å²) in [6, 6.07) is 2.13. The maximum atomic E-state index is 11.7. The highest BCUT2D eigenvalue weighted by atomic mass is 32.1. The van der Waals surface area contributed by atoms with Gasteiger partial charge in [0, 0.05) is 24.7 Å². The molecule has 1 N–H and O–H groups in total. The van der Waals surface area contributed by atoms with E-state index in [9.17, 15) is 4.79 Å². The molecule has 6 nitrogen and oxygen atoms in total. The molecule has 0 saturated carbocycles. The molecule has 2 aromatic heterocycles. The second kappa shape index (κ2) is 6.64. The average Bonchev–Trinajstić information content (AvgIpc) is 3.30. The molecule has 24 heavy (non-hydrogen) atoms. The van der Waals surface area contributed by atoms with E-state index in [1.165, 1.54) is 28.4 Å². The van der Waals surface area contributed by atoms with E-state index in [0.29, 0.717) is 11.7 Å². The number of hydrogen-bond donors (Lipinski definition) is 1. The maximum Gasteiger partial charge on any atom is 0.271 e. The first-order valence-electron chi connectivity index (χ1n) is 8.70. The second-order valence-electron chi connectivity index (χ2n) is 6.62. The number of amides is 1. The SMILES string of the molecule is CNC(=O)c1ccn([C@@H]2CCCN(Cc3nc4c(s3)CCC4)C2)n1. The van der Waals surface area contributed by atoms with Crippen molar-refractivity contribution in [3.63, 3.8) is 0 Å². The Balaban J connectivity index is 1.41. The zero-order valence-corrected chi connectivity index (χ0v) is 14.8. The molecule has 128 valence electrons. The van der Waals surface area contributed by atoms with Crippen LogP contribution in [-0.2, 0) is 19.4 Å². The molecule has 4 rings (SSSR count). The Morgan fingerprint density at radius 2 is 2.33 bits per heavy atom. The van der Waals surface area contributed by atoms with Crippen molar-refractivity contribution in [2.24, 2.45) is 0 Å². The molecule has 7 heteroatoms. The smallest absolute Gasteiger partial charge is 0.271 e. The van der Waals surface area contributed by atoms with Crippen molar-refractivity contribution in [3.8, 4) is 0 Å². The van der Waals surface area contributed by atoms with Crippen LogP contribution in [0, 0.1) is 0 Å². The van der Waals surface area contributed by atoms with Crippen LogP contribution in [0.15, 0.2) is 12.3 Å². The molecule has 3 heterocycles. The number of nitrogens with zero attached hydrogens (tertiary/aromatic N) is 4. The van der Waals surface area contributed by atoms with E-state index in [0.717, 1.165) is 38.9 Å². The van der Waals surface area contributed by atoms with Gasteiger partial charge in [-0.1, -0.05) is 0 Å². The van der Waals surface area contributed by atoms with Crippen LogP contribution in [0.4, 0.5) is 0 Å². The molecule has 0 aromatic carbocycles. The van der Waals surface area contributed by atoms with Gasteiger partial charge in [-0.2, -0.15) is 5.10 Å². The third-order valence-corrected chi connectivity index (χ3v) is 6.06. The highest BCUT2D eigenvalue weighted by Gasteiger charge is 2.24. The first-order valence-corrected chi connectivity index (χ1v) is 9.51. The van der Waals surface area contributed by atoms with E-state index in [1.807, 2.05) is 22.2 Å². The quantitative estimate of drug-likeness (QED) is 0.921. The van der Waals surface area contributed by atoms with Crippen LogP contribution in [0.5, 0.6) is 0 Å². The van der Waals surface area contributed by atoms with Crippen LogP contribution in [0.1, 0.15) is 51.4 Å². The van der Waals surface area contributed by atoms with Crippen molar-refractivity contribution >= 4 is 17.2 Å². The van der Waals surface area contributed by atoms with Crippen molar-refractivity contribution in [1.82, 2.24) is 25.0 Å². The van der Waals surface area contributed by atoms with E-state index >= 15 is 0 Å². The van der Waals surface area contributed by atoms with E-state index in [1.54, 1.807) is 13.1 Å². The summed E-state index contributed by atoms with van der Waals surface area (Å²) in [6.07, 6.45) is 7.84. The van der Waals surface area contributed by atoms with Gasteiger partial charge in [0.25, 0.3) is 5.91 Å². The molecule has 1 aliphatic carbocycles. The molecule has 1 amide bonds. The number of carbonyl (C=O) groups is 1. The Labute approximate surface area is 145 Å². The van der Waals surface area contributed by atoms with Crippen molar-refractivity contribution in [2.45, 2.75) is 44.7 Å². The molecule has 2 aliphatic rings. The number of hydrogen-bond acceptors (Lipinski definition) is 5. The summed E-state index contributed by atoms with van der Waals surface area (Å²) in [6.45, 7) is 3.03. The number of thiazole rings is 1. The van der Waals surface area contributed by atoms with Crippen molar-refractivity contribution < 1.29 is 4.79 Å². The minimum atomic E-state index is -0.126. The van der Waals surface area contributed by atoms with Gasteiger partial charge in [0.05, 0.1) is 18.3 Å². The third kappa shape index (κ3) is 3.10. The van der Waals surface area contributed by atoms with Gasteiger partial charge in [-0.3, -0.25) is 14.4 Å². The summed E-state index contributed by atoms with van der Waals surface area (Å²) < 4.78 is 1.96. The zero-order valence-electron chi connectivity index (χ0n) is 14.0. The molecule has 0 unspecified atom stereocenters. The van der Waals surface area contributed by atoms with Crippen LogP contribution in [-0.4, -0.2) is 45.7 Å². The Bertz CT molecular complexity index is 716. The first-order chi connectivity index (χ1) is 11.7. The number of aryl methyl sites for hydroxylation is 2. The van der Waals surface area contributed by atoms with Gasteiger partial charge in [-0.05, 0) is 44.7 Å². The van der Waals surface area contributed by atoms with Crippen LogP contribution < -0.4 is 5.32 Å². The fourth-order valence-electron chi connectivity index (χ4n) is 3.68. The normalized spacial score (nSPS) is 21.0. The number of likely N-dealkylation sites (tertiary alicyclic amines) is 1. The predicted molar refractivity (Wildman–Crippen MR) is 93.3 cm³/mol. The highest BCUT2D eigenvalue weighted by molar-refractivity contribution is 7.11. The molecule has 1 atom stereocenters. The van der Waals surface area contributed by atoms with Gasteiger partial charge >= 0.3 is 0 Å². The van der Waals surface area contributed by atoms with E-state index in [2.05, 4.69) is 15.3 Å². The van der Waals surface area contributed by atoms with Crippen molar-refractivity contribution in [2.75, 3.05) is 20.1 Å². The standard InChI is InChI=1S/C17H23N5OS/c1-18-17(23)14-7-9-22(20-14)12-4-3-8-21(10-12)11-16-19-13-5-2-6-15(13)24-16/h7,9,12H,2-6,8,10-11H2,1H3,(H,18,23)/t12-/m1/s1. The Morgan fingerprint density at radius 3 is 3.17 bits per heavy atom. The topological polar surface area (TPSA) is 63.1 Å². The Hall–Kier alpha value is -1.73. The number of aromatic nitrogens is 3. The fourth-order valence-corrected chi connectivity index (χ4v) is 4.88. The van der Waals surface area contributed by atoms with E-state index < -0.39 is 0 Å². The summed E-state index contributed by atoms with van der Waals surface area (Å²) in [4.78, 5) is 20.5. The fraction of sp³-hybridized carbons (Fsp3) is 0.588. The molecule has 0 spiro atoms. The third-order valence-electron chi connectivity index (χ3n) is 4.92. The minimum Gasteiger partial charge on any atom is -0.354 e. The van der Waals surface area contributed by atoms with Gasteiger partial charge in [0.2, 0.25) is 0 Å². The molecule has 0 radical (unpaired) electrons. The van der Waals surface area contributed by atoms with Gasteiger partial charge in [0.1, 0.15) is 10.7 Å². The summed E-state index contributed by atoms with van der Waals surface area (Å²) >= 11 is 1.90. The summed E-state index contributed by atoms with van der Waals surface area (Å²) in [7, 11) is 1.63. The summed E-state index contributed by atoms with van der Waals surface area (Å²) in [5.41, 5.74) is 1.83. The first kappa shape index (κ1) is 15.8. The molecule has 1 aliphatic heterocycles. The van der Waals surface area contributed by atoms with Crippen LogP contribution >= 0.6 is 11.3 Å². The van der Waals surface area contributed by atoms with Crippen molar-refractivity contribution in [1.29, 1.82) is 0 Å². The van der Waals surface area contributed by atoms with Gasteiger partial charge in [-0.25, -0.2) is 4.98 Å². The number of rotatable bonds is 4. The molecular formula is C17H23N5OS. The number of nitrogens with one attached hydrogen (secondary N) is 1. The minimum absolute atomic E-state index is 0.126. The maximum absolute atomic E-state index is 11.7. The van der Waals surface area contributed by atoms with Crippen LogP contribution in [0.3, 0.4) is 0 Å². The second-order valence-corrected chi connectivity index (χ2v) is 7.79. The summed E-state index contributed by atoms with van der Waals surface area (Å²) in [5.74, 6) is -0.126. The van der Waals surface area contributed by atoms with Crippen LogP contribution in [0.25, 0.3) is 0 Å². The Kier molecular flexibility index (Phi) is 4.37. The largest absolute Gasteiger partial charge is 0.354 e. The lowest BCUT2D eigenvalue weighted by Crippen LogP contribution is -2.36. The predicted octanol–water partition coefficient (Wildman–Crippen LogP) is 2.02. The number of carbonyl (C=O) groups excluding carboxylic acids is 1. The lowest BCUT2D eigenvalue weighted by Gasteiger charge is -2.32. The monoisotopic (exact) mass is 345 g/mol. The average molecular weight is 345 g/mol. The number of fused-ring (bicyclic) bond motifs is 1. The summed E-state index contributed by atoms with van der Waals surface area (Å²) in [5, 5.41) is 8.33. The zero-order chi connectivity index (χ0) is 16.5. The Morgan fingerprint density at radius 1 is 1.42 bits per heavy atom. The molecule has 2 aromatic rings. The van der Waals surface area contributed by atoms with Gasteiger partial charge < -0.3 is 5.32 Å². The van der Waals surface area contributed by atoms with Gasteiger partial charge in [0.15, 0.2) is 0 Å². The van der Waals surface area contributed by atoms with E-state index in [-0.39, 0.29) is 5.91 Å². The number of piperidine rings is 1. The van der Waals surface area contributed by atoms with E-state index in [4.69, 9.17) is 4.98 Å². The lowest BCUT2D eigenvalue weighted by atomic mass is 10.1.